The van der Waals surface area contributed by atoms with Gasteiger partial charge in [0, 0.05) is 19.1 Å². The van der Waals surface area contributed by atoms with Crippen molar-refractivity contribution < 1.29 is 9.84 Å². The van der Waals surface area contributed by atoms with E-state index < -0.39 is 0 Å². The summed E-state index contributed by atoms with van der Waals surface area (Å²) in [5.74, 6) is 0. The Balaban J connectivity index is 2.26. The molecule has 0 amide bonds. The van der Waals surface area contributed by atoms with Gasteiger partial charge in [-0.25, -0.2) is 0 Å². The van der Waals surface area contributed by atoms with Gasteiger partial charge in [-0.2, -0.15) is 0 Å². The third-order valence-corrected chi connectivity index (χ3v) is 3.01. The van der Waals surface area contributed by atoms with Crippen LogP contribution in [-0.4, -0.2) is 61.0 Å². The van der Waals surface area contributed by atoms with E-state index >= 15 is 0 Å². The average Bonchev–Trinajstić information content (AvgIpc) is 2.23. The van der Waals surface area contributed by atoms with Gasteiger partial charge in [0.15, 0.2) is 0 Å². The maximum atomic E-state index is 9.18. The molecule has 0 spiro atoms. The highest BCUT2D eigenvalue weighted by atomic mass is 16.5. The van der Waals surface area contributed by atoms with Gasteiger partial charge < -0.3 is 15.2 Å². The van der Waals surface area contributed by atoms with Crippen LogP contribution in [0.25, 0.3) is 0 Å². The second kappa shape index (κ2) is 6.55. The summed E-state index contributed by atoms with van der Waals surface area (Å²) >= 11 is 0. The predicted octanol–water partition coefficient (Wildman–Crippen LogP) is 0.458. The lowest BCUT2D eigenvalue weighted by Crippen LogP contribution is -2.49. The van der Waals surface area contributed by atoms with Crippen molar-refractivity contribution in [3.05, 3.63) is 0 Å². The SMILES string of the molecule is CCNC(CO)CCN1CCOC(C)(C)C1. The molecule has 0 aromatic rings. The first-order valence-electron chi connectivity index (χ1n) is 6.28. The van der Waals surface area contributed by atoms with Crippen molar-refractivity contribution in [2.75, 3.05) is 39.4 Å². The minimum absolute atomic E-state index is 0.0227. The number of morpholine rings is 1. The number of aliphatic hydroxyl groups excluding tert-OH is 1. The number of rotatable bonds is 6. The molecule has 0 aromatic carbocycles. The molecule has 4 nitrogen and oxygen atoms in total. The van der Waals surface area contributed by atoms with Crippen LogP contribution < -0.4 is 5.32 Å². The van der Waals surface area contributed by atoms with Crippen molar-refractivity contribution in [1.29, 1.82) is 0 Å². The van der Waals surface area contributed by atoms with Crippen LogP contribution in [-0.2, 0) is 4.74 Å². The van der Waals surface area contributed by atoms with E-state index in [2.05, 4.69) is 31.0 Å². The van der Waals surface area contributed by atoms with Gasteiger partial charge >= 0.3 is 0 Å². The van der Waals surface area contributed by atoms with E-state index in [1.54, 1.807) is 0 Å². The Hall–Kier alpha value is -0.160. The molecule has 4 heteroatoms. The zero-order chi connectivity index (χ0) is 12.0. The van der Waals surface area contributed by atoms with Crippen LogP contribution in [0.1, 0.15) is 27.2 Å². The molecule has 96 valence electrons. The Morgan fingerprint density at radius 3 is 2.81 bits per heavy atom. The third-order valence-electron chi connectivity index (χ3n) is 3.01. The first-order chi connectivity index (χ1) is 7.57. The summed E-state index contributed by atoms with van der Waals surface area (Å²) in [5.41, 5.74) is -0.0227. The quantitative estimate of drug-likeness (QED) is 0.696. The standard InChI is InChI=1S/C12H26N2O2/c1-4-13-11(9-15)5-6-14-7-8-16-12(2,3)10-14/h11,13,15H,4-10H2,1-3H3. The number of ether oxygens (including phenoxy) is 1. The van der Waals surface area contributed by atoms with Crippen LogP contribution in [0.5, 0.6) is 0 Å². The van der Waals surface area contributed by atoms with Crippen LogP contribution in [0, 0.1) is 0 Å². The summed E-state index contributed by atoms with van der Waals surface area (Å²) in [4.78, 5) is 2.42. The second-order valence-electron chi connectivity index (χ2n) is 5.11. The number of nitrogens with one attached hydrogen (secondary N) is 1. The first kappa shape index (κ1) is 13.9. The summed E-state index contributed by atoms with van der Waals surface area (Å²) in [6.07, 6.45) is 1.00. The van der Waals surface area contributed by atoms with Gasteiger partial charge in [0.2, 0.25) is 0 Å². The van der Waals surface area contributed by atoms with Gasteiger partial charge in [0.1, 0.15) is 0 Å². The highest BCUT2D eigenvalue weighted by molar-refractivity contribution is 4.80. The highest BCUT2D eigenvalue weighted by Crippen LogP contribution is 2.16. The Labute approximate surface area is 99.0 Å². The highest BCUT2D eigenvalue weighted by Gasteiger charge is 2.27. The van der Waals surface area contributed by atoms with Crippen LogP contribution in [0.2, 0.25) is 0 Å². The minimum Gasteiger partial charge on any atom is -0.395 e. The predicted molar refractivity (Wildman–Crippen MR) is 65.6 cm³/mol. The summed E-state index contributed by atoms with van der Waals surface area (Å²) in [6.45, 7) is 11.3. The molecular weight excluding hydrogens is 204 g/mol. The number of aliphatic hydroxyl groups is 1. The van der Waals surface area contributed by atoms with Crippen molar-refractivity contribution in [1.82, 2.24) is 10.2 Å². The van der Waals surface area contributed by atoms with Crippen molar-refractivity contribution in [2.24, 2.45) is 0 Å². The van der Waals surface area contributed by atoms with Gasteiger partial charge in [-0.05, 0) is 33.4 Å². The van der Waals surface area contributed by atoms with Crippen LogP contribution in [0.15, 0.2) is 0 Å². The maximum absolute atomic E-state index is 9.18. The molecule has 2 N–H and O–H groups in total. The molecule has 0 radical (unpaired) electrons. The molecule has 0 bridgehead atoms. The fraction of sp³-hybridized carbons (Fsp3) is 1.00. The number of nitrogens with zero attached hydrogens (tertiary/aromatic N) is 1. The van der Waals surface area contributed by atoms with Gasteiger partial charge in [-0.3, -0.25) is 4.90 Å². The molecule has 1 atom stereocenters. The summed E-state index contributed by atoms with van der Waals surface area (Å²) in [5, 5.41) is 12.5. The fourth-order valence-corrected chi connectivity index (χ4v) is 2.19. The van der Waals surface area contributed by atoms with Crippen LogP contribution >= 0.6 is 0 Å². The van der Waals surface area contributed by atoms with Gasteiger partial charge in [-0.1, -0.05) is 6.92 Å². The number of hydrogen-bond acceptors (Lipinski definition) is 4. The Bertz CT molecular complexity index is 197. The van der Waals surface area contributed by atoms with E-state index in [1.807, 2.05) is 0 Å². The van der Waals surface area contributed by atoms with E-state index in [9.17, 15) is 5.11 Å². The fourth-order valence-electron chi connectivity index (χ4n) is 2.19. The van der Waals surface area contributed by atoms with E-state index in [0.29, 0.717) is 0 Å². The molecule has 1 saturated heterocycles. The van der Waals surface area contributed by atoms with Gasteiger partial charge in [0.05, 0.1) is 18.8 Å². The van der Waals surface area contributed by atoms with Crippen molar-refractivity contribution in [3.63, 3.8) is 0 Å². The molecule has 1 rings (SSSR count). The Morgan fingerprint density at radius 2 is 2.25 bits per heavy atom. The number of hydrogen-bond donors (Lipinski definition) is 2. The molecular formula is C12H26N2O2. The van der Waals surface area contributed by atoms with Crippen LogP contribution in [0.4, 0.5) is 0 Å². The summed E-state index contributed by atoms with van der Waals surface area (Å²) in [7, 11) is 0. The van der Waals surface area contributed by atoms with E-state index in [0.717, 1.165) is 39.2 Å². The van der Waals surface area contributed by atoms with Crippen LogP contribution in [0.3, 0.4) is 0 Å². The van der Waals surface area contributed by atoms with E-state index in [-0.39, 0.29) is 18.2 Å². The molecule has 1 fully saturated rings. The van der Waals surface area contributed by atoms with E-state index in [4.69, 9.17) is 4.74 Å². The van der Waals surface area contributed by atoms with Gasteiger partial charge in [0.25, 0.3) is 0 Å². The third kappa shape index (κ3) is 4.78. The monoisotopic (exact) mass is 230 g/mol. The smallest absolute Gasteiger partial charge is 0.0753 e. The summed E-state index contributed by atoms with van der Waals surface area (Å²) in [6, 6.07) is 0.232. The lowest BCUT2D eigenvalue weighted by Gasteiger charge is -2.38. The normalized spacial score (nSPS) is 23.2. The largest absolute Gasteiger partial charge is 0.395 e. The number of likely N-dealkylation sites (N-methyl/N-ethyl adjacent to an activating group) is 1. The molecule has 1 aliphatic heterocycles. The first-order valence-corrected chi connectivity index (χ1v) is 6.28. The van der Waals surface area contributed by atoms with Crippen molar-refractivity contribution in [2.45, 2.75) is 38.8 Å². The molecule has 1 unspecified atom stereocenters. The zero-order valence-corrected chi connectivity index (χ0v) is 10.8. The van der Waals surface area contributed by atoms with Crippen molar-refractivity contribution in [3.8, 4) is 0 Å². The zero-order valence-electron chi connectivity index (χ0n) is 10.8. The molecule has 0 aliphatic carbocycles. The van der Waals surface area contributed by atoms with Crippen molar-refractivity contribution >= 4 is 0 Å². The average molecular weight is 230 g/mol. The Kier molecular flexibility index (Phi) is 5.69. The Morgan fingerprint density at radius 1 is 1.50 bits per heavy atom. The molecule has 1 heterocycles. The molecule has 1 aliphatic rings. The second-order valence-corrected chi connectivity index (χ2v) is 5.11. The van der Waals surface area contributed by atoms with Gasteiger partial charge in [-0.15, -0.1) is 0 Å². The molecule has 16 heavy (non-hydrogen) atoms. The maximum Gasteiger partial charge on any atom is 0.0753 e. The lowest BCUT2D eigenvalue weighted by atomic mass is 10.1. The topological polar surface area (TPSA) is 44.7 Å². The minimum atomic E-state index is -0.0227. The summed E-state index contributed by atoms with van der Waals surface area (Å²) < 4.78 is 5.67. The van der Waals surface area contributed by atoms with E-state index in [1.165, 1.54) is 0 Å². The molecule has 0 aromatic heterocycles. The molecule has 0 saturated carbocycles. The lowest BCUT2D eigenvalue weighted by molar-refractivity contribution is -0.0866.